The van der Waals surface area contributed by atoms with Crippen LogP contribution in [0.1, 0.15) is 6.92 Å². The van der Waals surface area contributed by atoms with Crippen LogP contribution in [0.4, 0.5) is 10.1 Å². The van der Waals surface area contributed by atoms with Crippen molar-refractivity contribution in [1.29, 1.82) is 0 Å². The lowest BCUT2D eigenvalue weighted by molar-refractivity contribution is -0.128. The number of hydrogen-bond donors (Lipinski definition) is 2. The van der Waals surface area contributed by atoms with E-state index in [9.17, 15) is 17.6 Å². The van der Waals surface area contributed by atoms with E-state index in [1.807, 2.05) is 0 Å². The first-order valence-corrected chi connectivity index (χ1v) is 7.05. The molecule has 106 valence electrons. The molecule has 0 atom stereocenters. The van der Waals surface area contributed by atoms with Gasteiger partial charge in [-0.25, -0.2) is 17.5 Å². The highest BCUT2D eigenvalue weighted by atomic mass is 32.2. The van der Waals surface area contributed by atoms with E-state index in [0.717, 1.165) is 12.1 Å². The molecule has 1 aromatic rings. The van der Waals surface area contributed by atoms with E-state index in [4.69, 9.17) is 5.73 Å². The van der Waals surface area contributed by atoms with Gasteiger partial charge >= 0.3 is 0 Å². The number of nitrogen functional groups attached to an aromatic ring is 1. The topological polar surface area (TPSA) is 92.5 Å². The lowest BCUT2D eigenvalue weighted by Crippen LogP contribution is -2.38. The quantitative estimate of drug-likeness (QED) is 0.755. The number of anilines is 1. The van der Waals surface area contributed by atoms with Gasteiger partial charge in [0.05, 0.1) is 6.54 Å². The number of nitrogens with two attached hydrogens (primary N) is 1. The van der Waals surface area contributed by atoms with E-state index in [2.05, 4.69) is 4.72 Å². The summed E-state index contributed by atoms with van der Waals surface area (Å²) in [6, 6.07) is 3.24. The molecule has 19 heavy (non-hydrogen) atoms. The molecule has 0 aromatic heterocycles. The summed E-state index contributed by atoms with van der Waals surface area (Å²) in [5.41, 5.74) is 5.46. The van der Waals surface area contributed by atoms with E-state index in [0.29, 0.717) is 6.54 Å². The van der Waals surface area contributed by atoms with Crippen molar-refractivity contribution in [3.05, 3.63) is 24.0 Å². The van der Waals surface area contributed by atoms with Gasteiger partial charge in [0.2, 0.25) is 15.9 Å². The summed E-state index contributed by atoms with van der Waals surface area (Å²) < 4.78 is 39.2. The van der Waals surface area contributed by atoms with Crippen LogP contribution in [0.2, 0.25) is 0 Å². The van der Waals surface area contributed by atoms with Crippen LogP contribution in [0.3, 0.4) is 0 Å². The smallest absolute Gasteiger partial charge is 0.243 e. The van der Waals surface area contributed by atoms with Gasteiger partial charge in [-0.15, -0.1) is 0 Å². The molecule has 8 heteroatoms. The van der Waals surface area contributed by atoms with E-state index in [1.54, 1.807) is 14.0 Å². The van der Waals surface area contributed by atoms with Crippen LogP contribution in [0.15, 0.2) is 23.1 Å². The maximum Gasteiger partial charge on any atom is 0.243 e. The molecular formula is C11H16FN3O3S. The molecule has 0 aliphatic carbocycles. The van der Waals surface area contributed by atoms with Crippen LogP contribution in [0, 0.1) is 5.82 Å². The zero-order valence-corrected chi connectivity index (χ0v) is 11.5. The standard InChI is InChI=1S/C11H16FN3O3S/c1-3-15(2)11(16)7-14-19(17,18)10-5-4-8(13)6-9(10)12/h4-6,14H,3,7,13H2,1-2H3. The van der Waals surface area contributed by atoms with Crippen LogP contribution in [0.5, 0.6) is 0 Å². The fraction of sp³-hybridized carbons (Fsp3) is 0.364. The van der Waals surface area contributed by atoms with Gasteiger partial charge in [-0.3, -0.25) is 4.79 Å². The molecule has 0 aliphatic heterocycles. The summed E-state index contributed by atoms with van der Waals surface area (Å²) >= 11 is 0. The van der Waals surface area contributed by atoms with E-state index in [1.165, 1.54) is 11.0 Å². The van der Waals surface area contributed by atoms with Crippen LogP contribution in [-0.4, -0.2) is 39.4 Å². The number of likely N-dealkylation sites (N-methyl/N-ethyl adjacent to an activating group) is 1. The Labute approximate surface area is 111 Å². The number of halogens is 1. The third-order valence-electron chi connectivity index (χ3n) is 2.56. The Morgan fingerprint density at radius 1 is 1.47 bits per heavy atom. The maximum atomic E-state index is 13.5. The third kappa shape index (κ3) is 3.90. The summed E-state index contributed by atoms with van der Waals surface area (Å²) in [7, 11) is -2.53. The molecule has 0 radical (unpaired) electrons. The first-order chi connectivity index (χ1) is 8.77. The predicted octanol–water partition coefficient (Wildman–Crippen LogP) is 0.165. The molecule has 1 aromatic carbocycles. The van der Waals surface area contributed by atoms with Gasteiger partial charge in [-0.05, 0) is 25.1 Å². The number of nitrogens with zero attached hydrogens (tertiary/aromatic N) is 1. The number of sulfonamides is 1. The molecule has 3 N–H and O–H groups in total. The summed E-state index contributed by atoms with van der Waals surface area (Å²) in [5, 5.41) is 0. The molecule has 0 unspecified atom stereocenters. The number of amides is 1. The van der Waals surface area contributed by atoms with Crippen molar-refractivity contribution in [3.63, 3.8) is 0 Å². The lowest BCUT2D eigenvalue weighted by Gasteiger charge is -2.15. The highest BCUT2D eigenvalue weighted by Gasteiger charge is 2.20. The van der Waals surface area contributed by atoms with Crippen LogP contribution >= 0.6 is 0 Å². The average molecular weight is 289 g/mol. The van der Waals surface area contributed by atoms with Gasteiger partial charge in [-0.1, -0.05) is 0 Å². The average Bonchev–Trinajstić information content (AvgIpc) is 2.34. The van der Waals surface area contributed by atoms with Gasteiger partial charge in [0.15, 0.2) is 0 Å². The minimum absolute atomic E-state index is 0.123. The van der Waals surface area contributed by atoms with Crippen molar-refractivity contribution in [1.82, 2.24) is 9.62 Å². The minimum atomic E-state index is -4.07. The van der Waals surface area contributed by atoms with E-state index < -0.39 is 33.2 Å². The van der Waals surface area contributed by atoms with Gasteiger partial charge in [0, 0.05) is 19.3 Å². The van der Waals surface area contributed by atoms with Crippen molar-refractivity contribution in [3.8, 4) is 0 Å². The largest absolute Gasteiger partial charge is 0.399 e. The van der Waals surface area contributed by atoms with Gasteiger partial charge in [0.1, 0.15) is 10.7 Å². The maximum absolute atomic E-state index is 13.5. The fourth-order valence-electron chi connectivity index (χ4n) is 1.28. The Morgan fingerprint density at radius 2 is 2.11 bits per heavy atom. The molecule has 0 aliphatic rings. The Morgan fingerprint density at radius 3 is 2.63 bits per heavy atom. The van der Waals surface area contributed by atoms with Crippen molar-refractivity contribution in [2.45, 2.75) is 11.8 Å². The number of rotatable bonds is 5. The molecule has 0 bridgehead atoms. The summed E-state index contributed by atoms with van der Waals surface area (Å²) in [4.78, 5) is 12.3. The zero-order valence-electron chi connectivity index (χ0n) is 10.7. The first kappa shape index (κ1) is 15.4. The third-order valence-corrected chi connectivity index (χ3v) is 3.99. The second-order valence-electron chi connectivity index (χ2n) is 3.92. The lowest BCUT2D eigenvalue weighted by atomic mass is 10.3. The highest BCUT2D eigenvalue weighted by Crippen LogP contribution is 2.16. The number of carbonyl (C=O) groups excluding carboxylic acids is 1. The van der Waals surface area contributed by atoms with E-state index >= 15 is 0 Å². The van der Waals surface area contributed by atoms with E-state index in [-0.39, 0.29) is 5.69 Å². The van der Waals surface area contributed by atoms with Crippen molar-refractivity contribution in [2.75, 3.05) is 25.9 Å². The number of nitrogens with one attached hydrogen (secondary N) is 1. The highest BCUT2D eigenvalue weighted by molar-refractivity contribution is 7.89. The molecular weight excluding hydrogens is 273 g/mol. The predicted molar refractivity (Wildman–Crippen MR) is 69.3 cm³/mol. The molecule has 0 saturated heterocycles. The number of carbonyl (C=O) groups is 1. The van der Waals surface area contributed by atoms with Gasteiger partial charge in [0.25, 0.3) is 0 Å². The zero-order chi connectivity index (χ0) is 14.6. The Hall–Kier alpha value is -1.67. The second-order valence-corrected chi connectivity index (χ2v) is 5.66. The fourth-order valence-corrected chi connectivity index (χ4v) is 2.31. The Bertz CT molecular complexity index is 575. The number of benzene rings is 1. The molecule has 1 rings (SSSR count). The van der Waals surface area contributed by atoms with Crippen LogP contribution in [-0.2, 0) is 14.8 Å². The van der Waals surface area contributed by atoms with Crippen molar-refractivity contribution in [2.24, 2.45) is 0 Å². The van der Waals surface area contributed by atoms with Gasteiger partial charge in [-0.2, -0.15) is 0 Å². The Balaban J connectivity index is 2.85. The van der Waals surface area contributed by atoms with Gasteiger partial charge < -0.3 is 10.6 Å². The molecule has 0 heterocycles. The molecule has 0 saturated carbocycles. The van der Waals surface area contributed by atoms with Crippen molar-refractivity contribution < 1.29 is 17.6 Å². The minimum Gasteiger partial charge on any atom is -0.399 e. The van der Waals surface area contributed by atoms with Crippen LogP contribution < -0.4 is 10.5 Å². The molecule has 6 nitrogen and oxygen atoms in total. The monoisotopic (exact) mass is 289 g/mol. The van der Waals surface area contributed by atoms with Crippen molar-refractivity contribution >= 4 is 21.6 Å². The summed E-state index contributed by atoms with van der Waals surface area (Å²) in [6.45, 7) is 1.79. The SMILES string of the molecule is CCN(C)C(=O)CNS(=O)(=O)c1ccc(N)cc1F. The molecule has 0 fully saturated rings. The molecule has 0 spiro atoms. The Kier molecular flexibility index (Phi) is 4.84. The summed E-state index contributed by atoms with van der Waals surface area (Å²) in [6.07, 6.45) is 0. The normalized spacial score (nSPS) is 11.3. The van der Waals surface area contributed by atoms with Crippen LogP contribution in [0.25, 0.3) is 0 Å². The number of hydrogen-bond acceptors (Lipinski definition) is 4. The second kappa shape index (κ2) is 5.98. The first-order valence-electron chi connectivity index (χ1n) is 5.56. The molecule has 1 amide bonds. The summed E-state index contributed by atoms with van der Waals surface area (Å²) in [5.74, 6) is -1.36.